The summed E-state index contributed by atoms with van der Waals surface area (Å²) in [6, 6.07) is 0. The fraction of sp³-hybridized carbons (Fsp3) is 1.00. The van der Waals surface area contributed by atoms with Crippen LogP contribution in [0, 0.1) is 11.8 Å². The lowest BCUT2D eigenvalue weighted by atomic mass is 9.90. The Balaban J connectivity index is 1.80. The van der Waals surface area contributed by atoms with Gasteiger partial charge in [0.15, 0.2) is 0 Å². The number of hydrogen-bond donors (Lipinski definition) is 0. The van der Waals surface area contributed by atoms with Gasteiger partial charge in [-0.25, -0.2) is 0 Å². The second-order valence-electron chi connectivity index (χ2n) is 6.09. The molecule has 0 bridgehead atoms. The van der Waals surface area contributed by atoms with E-state index in [1.54, 1.807) is 0 Å². The Morgan fingerprint density at radius 3 is 1.31 bits per heavy atom. The highest BCUT2D eigenvalue weighted by atomic mass is 32.2. The van der Waals surface area contributed by atoms with Crippen molar-refractivity contribution in [1.29, 1.82) is 0 Å². The largest absolute Gasteiger partial charge is 0.616 e. The molecule has 2 fully saturated rings. The zero-order valence-corrected chi connectivity index (χ0v) is 11.6. The average molecular weight is 242 g/mol. The first-order chi connectivity index (χ1) is 7.66. The third-order valence-electron chi connectivity index (χ3n) is 4.58. The Kier molecular flexibility index (Phi) is 4.60. The minimum Gasteiger partial charge on any atom is -0.616 e. The Hall–Kier alpha value is 0.310. The molecule has 0 radical (unpaired) electrons. The van der Waals surface area contributed by atoms with Crippen LogP contribution < -0.4 is 0 Å². The van der Waals surface area contributed by atoms with Crippen LogP contribution in [0.3, 0.4) is 0 Å². The van der Waals surface area contributed by atoms with Crippen molar-refractivity contribution in [2.75, 3.05) is 0 Å². The summed E-state index contributed by atoms with van der Waals surface area (Å²) < 4.78 is 12.5. The SMILES string of the molecule is CC1CCC([S+]([O-])C2CCC(C)CC2)CC1. The van der Waals surface area contributed by atoms with Gasteiger partial charge < -0.3 is 4.55 Å². The fourth-order valence-electron chi connectivity index (χ4n) is 3.20. The van der Waals surface area contributed by atoms with E-state index in [1.807, 2.05) is 0 Å². The van der Waals surface area contributed by atoms with E-state index in [0.717, 1.165) is 11.8 Å². The van der Waals surface area contributed by atoms with Crippen molar-refractivity contribution in [3.63, 3.8) is 0 Å². The molecule has 0 unspecified atom stereocenters. The Morgan fingerprint density at radius 2 is 1.00 bits per heavy atom. The number of rotatable bonds is 2. The fourth-order valence-corrected chi connectivity index (χ4v) is 5.21. The van der Waals surface area contributed by atoms with Gasteiger partial charge in [-0.3, -0.25) is 0 Å². The van der Waals surface area contributed by atoms with E-state index >= 15 is 0 Å². The van der Waals surface area contributed by atoms with Crippen LogP contribution >= 0.6 is 0 Å². The van der Waals surface area contributed by atoms with E-state index in [9.17, 15) is 4.55 Å². The Morgan fingerprint density at radius 1 is 0.688 bits per heavy atom. The predicted octanol–water partition coefficient (Wildman–Crippen LogP) is 3.89. The molecule has 0 amide bonds. The van der Waals surface area contributed by atoms with Crippen LogP contribution in [0.1, 0.15) is 65.2 Å². The van der Waals surface area contributed by atoms with E-state index in [1.165, 1.54) is 51.4 Å². The van der Waals surface area contributed by atoms with Gasteiger partial charge in [0.1, 0.15) is 10.5 Å². The highest BCUT2D eigenvalue weighted by molar-refractivity contribution is 7.92. The molecular formula is C14H26OS. The summed E-state index contributed by atoms with van der Waals surface area (Å²) in [5.74, 6) is 1.75. The van der Waals surface area contributed by atoms with Gasteiger partial charge in [0, 0.05) is 0 Å². The molecule has 0 N–H and O–H groups in total. The minimum absolute atomic E-state index is 0.523. The quantitative estimate of drug-likeness (QED) is 0.674. The summed E-state index contributed by atoms with van der Waals surface area (Å²) in [6.07, 6.45) is 10.1. The van der Waals surface area contributed by atoms with Gasteiger partial charge in [-0.2, -0.15) is 0 Å². The smallest absolute Gasteiger partial charge is 0.116 e. The van der Waals surface area contributed by atoms with E-state index in [0.29, 0.717) is 10.5 Å². The van der Waals surface area contributed by atoms with Crippen molar-refractivity contribution in [2.24, 2.45) is 11.8 Å². The topological polar surface area (TPSA) is 23.1 Å². The summed E-state index contributed by atoms with van der Waals surface area (Å²) in [7, 11) is 0. The molecule has 94 valence electrons. The third kappa shape index (κ3) is 3.16. The van der Waals surface area contributed by atoms with Crippen molar-refractivity contribution < 1.29 is 4.55 Å². The predicted molar refractivity (Wildman–Crippen MR) is 71.0 cm³/mol. The summed E-state index contributed by atoms with van der Waals surface area (Å²) in [4.78, 5) is 0. The molecule has 1 nitrogen and oxygen atoms in total. The highest BCUT2D eigenvalue weighted by Crippen LogP contribution is 2.35. The van der Waals surface area contributed by atoms with Crippen molar-refractivity contribution in [1.82, 2.24) is 0 Å². The monoisotopic (exact) mass is 242 g/mol. The van der Waals surface area contributed by atoms with Crippen molar-refractivity contribution in [3.8, 4) is 0 Å². The molecule has 0 spiro atoms. The Bertz CT molecular complexity index is 181. The van der Waals surface area contributed by atoms with Crippen LogP contribution in [0.4, 0.5) is 0 Å². The third-order valence-corrected chi connectivity index (χ3v) is 6.84. The maximum absolute atomic E-state index is 12.5. The summed E-state index contributed by atoms with van der Waals surface area (Å²) >= 11 is -0.523. The molecule has 0 aromatic heterocycles. The molecule has 16 heavy (non-hydrogen) atoms. The van der Waals surface area contributed by atoms with E-state index in [2.05, 4.69) is 13.8 Å². The van der Waals surface area contributed by atoms with E-state index in [-0.39, 0.29) is 0 Å². The van der Waals surface area contributed by atoms with Crippen LogP contribution in [0.25, 0.3) is 0 Å². The zero-order chi connectivity index (χ0) is 11.5. The zero-order valence-electron chi connectivity index (χ0n) is 10.8. The van der Waals surface area contributed by atoms with Crippen molar-refractivity contribution >= 4 is 11.2 Å². The molecular weight excluding hydrogens is 216 g/mol. The first-order valence-corrected chi connectivity index (χ1v) is 8.33. The standard InChI is InChI=1S/C14H26OS/c1-11-3-7-13(8-4-11)16(15)14-9-5-12(2)6-10-14/h11-14H,3-10H2,1-2H3. The van der Waals surface area contributed by atoms with Gasteiger partial charge in [0.25, 0.3) is 0 Å². The molecule has 2 heteroatoms. The van der Waals surface area contributed by atoms with Gasteiger partial charge in [-0.15, -0.1) is 0 Å². The summed E-state index contributed by atoms with van der Waals surface area (Å²) in [5, 5.41) is 1.07. The van der Waals surface area contributed by atoms with Gasteiger partial charge in [0.2, 0.25) is 0 Å². The van der Waals surface area contributed by atoms with Gasteiger partial charge >= 0.3 is 0 Å². The van der Waals surface area contributed by atoms with Crippen molar-refractivity contribution in [2.45, 2.75) is 75.7 Å². The number of hydrogen-bond acceptors (Lipinski definition) is 1. The molecule has 2 aliphatic carbocycles. The molecule has 0 aromatic carbocycles. The van der Waals surface area contributed by atoms with Crippen LogP contribution in [0.15, 0.2) is 0 Å². The Labute approximate surface area is 104 Å². The van der Waals surface area contributed by atoms with Crippen LogP contribution in [0.2, 0.25) is 0 Å². The van der Waals surface area contributed by atoms with Gasteiger partial charge in [-0.05, 0) is 74.4 Å². The molecule has 2 rings (SSSR count). The lowest BCUT2D eigenvalue weighted by Crippen LogP contribution is -2.36. The van der Waals surface area contributed by atoms with E-state index in [4.69, 9.17) is 0 Å². The molecule has 0 aromatic rings. The lowest BCUT2D eigenvalue weighted by molar-refractivity contribution is 0.361. The average Bonchev–Trinajstić information content (AvgIpc) is 2.30. The summed E-state index contributed by atoms with van der Waals surface area (Å²) in [6.45, 7) is 4.67. The first kappa shape index (κ1) is 12.8. The van der Waals surface area contributed by atoms with Crippen LogP contribution in [-0.2, 0) is 11.2 Å². The normalized spacial score (nSPS) is 42.9. The second kappa shape index (κ2) is 5.77. The maximum atomic E-state index is 12.5. The lowest BCUT2D eigenvalue weighted by Gasteiger charge is -2.35. The van der Waals surface area contributed by atoms with E-state index < -0.39 is 11.2 Å². The van der Waals surface area contributed by atoms with Crippen molar-refractivity contribution in [3.05, 3.63) is 0 Å². The molecule has 0 heterocycles. The van der Waals surface area contributed by atoms with Crippen LogP contribution in [-0.4, -0.2) is 15.1 Å². The summed E-state index contributed by atoms with van der Waals surface area (Å²) in [5.41, 5.74) is 0. The maximum Gasteiger partial charge on any atom is 0.116 e. The molecule has 0 atom stereocenters. The first-order valence-electron chi connectivity index (χ1n) is 7.06. The van der Waals surface area contributed by atoms with Gasteiger partial charge in [-0.1, -0.05) is 13.8 Å². The minimum atomic E-state index is -0.523. The molecule has 2 saturated carbocycles. The molecule has 0 aliphatic heterocycles. The second-order valence-corrected chi connectivity index (χ2v) is 8.08. The van der Waals surface area contributed by atoms with Crippen LogP contribution in [0.5, 0.6) is 0 Å². The highest BCUT2D eigenvalue weighted by Gasteiger charge is 2.35. The molecule has 2 aliphatic rings. The molecule has 0 saturated heterocycles. The van der Waals surface area contributed by atoms with Gasteiger partial charge in [0.05, 0.1) is 0 Å².